The first-order valence-electron chi connectivity index (χ1n) is 6.78. The topological polar surface area (TPSA) is 105 Å². The van der Waals surface area contributed by atoms with Crippen molar-refractivity contribution in [2.75, 3.05) is 26.9 Å². The van der Waals surface area contributed by atoms with E-state index >= 15 is 0 Å². The Morgan fingerprint density at radius 1 is 1.50 bits per heavy atom. The molecule has 1 aromatic heterocycles. The molecule has 0 spiro atoms. The fourth-order valence-corrected chi connectivity index (χ4v) is 3.05. The van der Waals surface area contributed by atoms with Gasteiger partial charge >= 0.3 is 0 Å². The van der Waals surface area contributed by atoms with Crippen LogP contribution in [0, 0.1) is 0 Å². The minimum absolute atomic E-state index is 0.399. The summed E-state index contributed by atoms with van der Waals surface area (Å²) in [7, 11) is 2.11. The van der Waals surface area contributed by atoms with Crippen LogP contribution in [0.2, 0.25) is 0 Å². The van der Waals surface area contributed by atoms with E-state index in [0.717, 1.165) is 12.1 Å². The molecule has 0 unspecified atom stereocenters. The Morgan fingerprint density at radius 3 is 2.59 bits per heavy atom. The second-order valence-electron chi connectivity index (χ2n) is 5.81. The van der Waals surface area contributed by atoms with E-state index in [1.165, 1.54) is 6.33 Å². The number of nitrogens with one attached hydrogen (secondary N) is 2. The second-order valence-corrected chi connectivity index (χ2v) is 7.56. The Balaban J connectivity index is 2.64. The summed E-state index contributed by atoms with van der Waals surface area (Å²) in [4.78, 5) is 10.2. The van der Waals surface area contributed by atoms with Crippen LogP contribution in [0.4, 0.5) is 0 Å². The van der Waals surface area contributed by atoms with Crippen molar-refractivity contribution in [1.29, 1.82) is 0 Å². The Kier molecular flexibility index (Phi) is 5.89. The van der Waals surface area contributed by atoms with E-state index in [1.54, 1.807) is 25.6 Å². The largest absolute Gasteiger partial charge is 0.354 e. The van der Waals surface area contributed by atoms with Crippen molar-refractivity contribution < 1.29 is 8.42 Å². The maximum Gasteiger partial charge on any atom is 0.209 e. The molecule has 0 atom stereocenters. The second kappa shape index (κ2) is 7.05. The molecule has 0 aromatic carbocycles. The van der Waals surface area contributed by atoms with Gasteiger partial charge in [0, 0.05) is 33.2 Å². The van der Waals surface area contributed by atoms with Gasteiger partial charge in [0.25, 0.3) is 0 Å². The number of nitrogens with zero attached hydrogens (tertiary/aromatic N) is 5. The van der Waals surface area contributed by atoms with Crippen molar-refractivity contribution >= 4 is 16.0 Å². The molecule has 0 aliphatic heterocycles. The number of guanidine groups is 1. The van der Waals surface area contributed by atoms with Crippen LogP contribution in [0.5, 0.6) is 0 Å². The molecule has 22 heavy (non-hydrogen) atoms. The quantitative estimate of drug-likeness (QED) is 0.520. The van der Waals surface area contributed by atoms with Crippen molar-refractivity contribution in [2.45, 2.75) is 25.9 Å². The third-order valence-corrected chi connectivity index (χ3v) is 3.83. The highest BCUT2D eigenvalue weighted by Gasteiger charge is 2.23. The summed E-state index contributed by atoms with van der Waals surface area (Å²) in [6.07, 6.45) is 2.64. The zero-order chi connectivity index (χ0) is 17.0. The molecule has 1 aromatic rings. The van der Waals surface area contributed by atoms with Gasteiger partial charge in [-0.05, 0) is 13.8 Å². The Hall–Kier alpha value is -1.68. The molecule has 0 fully saturated rings. The lowest BCUT2D eigenvalue weighted by Gasteiger charge is -2.28. The normalized spacial score (nSPS) is 13.3. The Bertz CT molecular complexity index is 621. The van der Waals surface area contributed by atoms with Crippen molar-refractivity contribution in [2.24, 2.45) is 12.0 Å². The van der Waals surface area contributed by atoms with Crippen LogP contribution in [0.3, 0.4) is 0 Å². The van der Waals surface area contributed by atoms with E-state index in [4.69, 9.17) is 0 Å². The molecular weight excluding hydrogens is 306 g/mol. The van der Waals surface area contributed by atoms with Crippen molar-refractivity contribution in [3.63, 3.8) is 0 Å². The maximum absolute atomic E-state index is 11.3. The van der Waals surface area contributed by atoms with Crippen LogP contribution in [0.15, 0.2) is 11.3 Å². The number of aromatic nitrogens is 3. The molecule has 0 aliphatic carbocycles. The first-order chi connectivity index (χ1) is 10.0. The van der Waals surface area contributed by atoms with E-state index in [1.807, 2.05) is 19.0 Å². The number of hydrogen-bond acceptors (Lipinski definition) is 5. The average molecular weight is 331 g/mol. The highest BCUT2D eigenvalue weighted by Crippen LogP contribution is 2.03. The Labute approximate surface area is 131 Å². The average Bonchev–Trinajstić information content (AvgIpc) is 2.72. The predicted molar refractivity (Wildman–Crippen MR) is 85.9 cm³/mol. The molecule has 0 saturated heterocycles. The molecule has 0 saturated carbocycles. The van der Waals surface area contributed by atoms with Crippen LogP contribution in [-0.2, 0) is 23.6 Å². The van der Waals surface area contributed by atoms with Crippen LogP contribution < -0.4 is 10.0 Å². The number of rotatable bonds is 6. The summed E-state index contributed by atoms with van der Waals surface area (Å²) in [5, 5.41) is 7.18. The lowest BCUT2D eigenvalue weighted by atomic mass is 10.1. The third kappa shape index (κ3) is 5.98. The van der Waals surface area contributed by atoms with Crippen LogP contribution in [0.25, 0.3) is 0 Å². The van der Waals surface area contributed by atoms with Gasteiger partial charge in [0.2, 0.25) is 10.0 Å². The smallest absolute Gasteiger partial charge is 0.209 e. The summed E-state index contributed by atoms with van der Waals surface area (Å²) in [6.45, 7) is 4.54. The monoisotopic (exact) mass is 331 g/mol. The lowest BCUT2D eigenvalue weighted by molar-refractivity contribution is 0.414. The molecule has 1 rings (SSSR count). The van der Waals surface area contributed by atoms with Gasteiger partial charge in [0.1, 0.15) is 12.2 Å². The van der Waals surface area contributed by atoms with Gasteiger partial charge in [-0.15, -0.1) is 0 Å². The van der Waals surface area contributed by atoms with Gasteiger partial charge in [0.05, 0.1) is 12.8 Å². The van der Waals surface area contributed by atoms with E-state index in [9.17, 15) is 8.42 Å². The van der Waals surface area contributed by atoms with E-state index in [-0.39, 0.29) is 0 Å². The van der Waals surface area contributed by atoms with E-state index in [0.29, 0.717) is 19.0 Å². The van der Waals surface area contributed by atoms with Crippen molar-refractivity contribution in [3.05, 3.63) is 12.2 Å². The van der Waals surface area contributed by atoms with Gasteiger partial charge in [-0.3, -0.25) is 9.67 Å². The number of aryl methyl sites for hydroxylation is 1. The summed E-state index contributed by atoms with van der Waals surface area (Å²) in [5.41, 5.74) is -0.630. The molecule has 0 bridgehead atoms. The molecule has 10 heteroatoms. The summed E-state index contributed by atoms with van der Waals surface area (Å²) >= 11 is 0. The zero-order valence-corrected chi connectivity index (χ0v) is 14.8. The molecule has 1 heterocycles. The van der Waals surface area contributed by atoms with Crippen molar-refractivity contribution in [3.8, 4) is 0 Å². The predicted octanol–water partition coefficient (Wildman–Crippen LogP) is -0.850. The van der Waals surface area contributed by atoms with Gasteiger partial charge in [-0.25, -0.2) is 18.1 Å². The highest BCUT2D eigenvalue weighted by atomic mass is 32.2. The lowest BCUT2D eigenvalue weighted by Crippen LogP contribution is -2.53. The van der Waals surface area contributed by atoms with Crippen LogP contribution in [0.1, 0.15) is 19.7 Å². The first kappa shape index (κ1) is 18.4. The fourth-order valence-electron chi connectivity index (χ4n) is 1.97. The third-order valence-electron chi connectivity index (χ3n) is 2.91. The van der Waals surface area contributed by atoms with Gasteiger partial charge in [-0.1, -0.05) is 0 Å². The molecule has 9 nitrogen and oxygen atoms in total. The number of aliphatic imine (C=N–C) groups is 1. The minimum atomic E-state index is -3.27. The fraction of sp³-hybridized carbons (Fsp3) is 0.750. The van der Waals surface area contributed by atoms with E-state index < -0.39 is 15.6 Å². The number of hydrogen-bond donors (Lipinski definition) is 2. The molecule has 2 N–H and O–H groups in total. The molecule has 126 valence electrons. The van der Waals surface area contributed by atoms with E-state index in [2.05, 4.69) is 25.1 Å². The summed E-state index contributed by atoms with van der Waals surface area (Å²) < 4.78 is 27.0. The molecular formula is C12H25N7O2S. The maximum atomic E-state index is 11.3. The van der Waals surface area contributed by atoms with Gasteiger partial charge in [-0.2, -0.15) is 5.10 Å². The zero-order valence-electron chi connectivity index (χ0n) is 14.0. The van der Waals surface area contributed by atoms with Crippen molar-refractivity contribution in [1.82, 2.24) is 29.7 Å². The summed E-state index contributed by atoms with van der Waals surface area (Å²) in [6, 6.07) is 0. The molecule has 0 aliphatic rings. The summed E-state index contributed by atoms with van der Waals surface area (Å²) in [5.74, 6) is 1.45. The standard InChI is InChI=1S/C12H25N7O2S/c1-12(2,17-22(6,20)21)8-14-11(13-3)18(4)7-10-15-9-16-19(10)5/h9,17H,7-8H2,1-6H3,(H,13,14). The molecule has 0 amide bonds. The van der Waals surface area contributed by atoms with Crippen LogP contribution in [-0.4, -0.2) is 66.5 Å². The van der Waals surface area contributed by atoms with Gasteiger partial charge in [0.15, 0.2) is 5.96 Å². The first-order valence-corrected chi connectivity index (χ1v) is 8.67. The molecule has 0 radical (unpaired) electrons. The number of sulfonamides is 1. The van der Waals surface area contributed by atoms with Crippen LogP contribution >= 0.6 is 0 Å². The highest BCUT2D eigenvalue weighted by molar-refractivity contribution is 7.88. The Morgan fingerprint density at radius 2 is 2.14 bits per heavy atom. The van der Waals surface area contributed by atoms with Gasteiger partial charge < -0.3 is 10.2 Å². The SMILES string of the molecule is CN=C(NCC(C)(C)NS(C)(=O)=O)N(C)Cc1ncnn1C. The minimum Gasteiger partial charge on any atom is -0.354 e.